The average Bonchev–Trinajstić information content (AvgIpc) is 2.40. The van der Waals surface area contributed by atoms with Crippen molar-refractivity contribution in [1.82, 2.24) is 0 Å². The van der Waals surface area contributed by atoms with Gasteiger partial charge in [-0.15, -0.1) is 0 Å². The Kier molecular flexibility index (Phi) is 4.74. The Morgan fingerprint density at radius 2 is 1.18 bits per heavy atom. The summed E-state index contributed by atoms with van der Waals surface area (Å²) in [5, 5.41) is 10.5. The number of rotatable bonds is 2. The van der Waals surface area contributed by atoms with E-state index in [1.165, 1.54) is 0 Å². The number of hydrogen-bond acceptors (Lipinski definition) is 1. The molecule has 0 fully saturated rings. The quantitative estimate of drug-likeness (QED) is 0.464. The van der Waals surface area contributed by atoms with Gasteiger partial charge in [0.1, 0.15) is 5.60 Å². The molecule has 2 aromatic rings. The van der Waals surface area contributed by atoms with Crippen LogP contribution in [0.4, 0.5) is 0 Å². The van der Waals surface area contributed by atoms with E-state index in [0.717, 1.165) is 0 Å². The third kappa shape index (κ3) is 2.69. The summed E-state index contributed by atoms with van der Waals surface area (Å²) in [5.74, 6) is 2.22. The molecule has 0 aliphatic rings. The van der Waals surface area contributed by atoms with Crippen LogP contribution in [-0.2, 0) is 28.0 Å². The monoisotopic (exact) mass is 404 g/mol. The standard InChI is InChI=1S/C15H11O.Au/c1-2-15(16,13-9-5-3-6-10-13)14-11-7-4-8-12-14;/h3-12,16H;/q-1;+1. The van der Waals surface area contributed by atoms with Gasteiger partial charge in [-0.2, -0.15) is 0 Å². The van der Waals surface area contributed by atoms with Crippen LogP contribution in [-0.4, -0.2) is 5.11 Å². The van der Waals surface area contributed by atoms with Crippen LogP contribution in [0.5, 0.6) is 0 Å². The number of hydrogen-bond donors (Lipinski definition) is 1. The minimum absolute atomic E-state index is 0. The second-order valence-electron chi connectivity index (χ2n) is 3.57. The van der Waals surface area contributed by atoms with Crippen LogP contribution >= 0.6 is 0 Å². The van der Waals surface area contributed by atoms with Crippen molar-refractivity contribution in [2.45, 2.75) is 5.60 Å². The van der Waals surface area contributed by atoms with E-state index in [4.69, 9.17) is 6.42 Å². The molecule has 2 rings (SSSR count). The van der Waals surface area contributed by atoms with Crippen molar-refractivity contribution in [3.8, 4) is 5.92 Å². The fraction of sp³-hybridized carbons (Fsp3) is 0.0667. The second-order valence-corrected chi connectivity index (χ2v) is 3.57. The van der Waals surface area contributed by atoms with Crippen molar-refractivity contribution in [1.29, 1.82) is 0 Å². The Hall–Kier alpha value is -1.30. The number of aliphatic hydroxyl groups is 1. The van der Waals surface area contributed by atoms with Gasteiger partial charge in [0.15, 0.2) is 0 Å². The molecule has 2 heteroatoms. The molecule has 0 saturated carbocycles. The van der Waals surface area contributed by atoms with Gasteiger partial charge in [-0.3, -0.25) is 0 Å². The zero-order chi connectivity index (χ0) is 11.4. The van der Waals surface area contributed by atoms with Gasteiger partial charge < -0.3 is 17.5 Å². The van der Waals surface area contributed by atoms with Gasteiger partial charge in [-0.1, -0.05) is 60.7 Å². The minimum atomic E-state index is -1.46. The first-order chi connectivity index (χ1) is 7.77. The summed E-state index contributed by atoms with van der Waals surface area (Å²) in [5.41, 5.74) is -0.157. The van der Waals surface area contributed by atoms with Crippen LogP contribution in [0.3, 0.4) is 0 Å². The Bertz CT molecular complexity index is 460. The van der Waals surface area contributed by atoms with Crippen LogP contribution in [0.25, 0.3) is 0 Å². The van der Waals surface area contributed by atoms with E-state index in [-0.39, 0.29) is 22.4 Å². The molecule has 0 aliphatic carbocycles. The van der Waals surface area contributed by atoms with Crippen LogP contribution in [0.15, 0.2) is 60.7 Å². The van der Waals surface area contributed by atoms with Gasteiger partial charge in [-0.25, -0.2) is 0 Å². The first-order valence-electron chi connectivity index (χ1n) is 5.04. The van der Waals surface area contributed by atoms with Gasteiger partial charge in [0.2, 0.25) is 0 Å². The van der Waals surface area contributed by atoms with Crippen molar-refractivity contribution in [3.05, 3.63) is 78.2 Å². The van der Waals surface area contributed by atoms with Crippen molar-refractivity contribution < 1.29 is 27.5 Å². The third-order valence-corrected chi connectivity index (χ3v) is 2.56. The summed E-state index contributed by atoms with van der Waals surface area (Å²) in [6.45, 7) is 0. The molecular weight excluding hydrogens is 393 g/mol. The molecule has 0 aromatic heterocycles. The minimum Gasteiger partial charge on any atom is -0.690 e. The van der Waals surface area contributed by atoms with Gasteiger partial charge in [0.25, 0.3) is 0 Å². The first-order valence-corrected chi connectivity index (χ1v) is 5.04. The first kappa shape index (κ1) is 13.8. The third-order valence-electron chi connectivity index (χ3n) is 2.56. The summed E-state index contributed by atoms with van der Waals surface area (Å²) < 4.78 is 0. The Labute approximate surface area is 117 Å². The largest absolute Gasteiger partial charge is 1.00 e. The molecule has 2 aromatic carbocycles. The topological polar surface area (TPSA) is 20.2 Å². The van der Waals surface area contributed by atoms with Crippen LogP contribution in [0.2, 0.25) is 0 Å². The maximum Gasteiger partial charge on any atom is 1.00 e. The second kappa shape index (κ2) is 5.86. The zero-order valence-corrected chi connectivity index (χ0v) is 11.2. The normalized spacial score (nSPS) is 10.1. The Morgan fingerprint density at radius 3 is 1.47 bits per heavy atom. The predicted octanol–water partition coefficient (Wildman–Crippen LogP) is 2.51. The Balaban J connectivity index is 0.00000144. The van der Waals surface area contributed by atoms with Gasteiger partial charge >= 0.3 is 22.4 Å². The number of benzene rings is 2. The van der Waals surface area contributed by atoms with Crippen molar-refractivity contribution in [2.75, 3.05) is 0 Å². The van der Waals surface area contributed by atoms with E-state index < -0.39 is 5.60 Å². The predicted molar refractivity (Wildman–Crippen MR) is 63.0 cm³/mol. The Morgan fingerprint density at radius 1 is 0.824 bits per heavy atom. The smallest absolute Gasteiger partial charge is 0.690 e. The molecule has 0 radical (unpaired) electrons. The SMILES string of the molecule is [Au+].[C-]#CC(O)(c1ccccc1)c1ccccc1. The molecule has 0 amide bonds. The molecule has 0 unspecified atom stereocenters. The summed E-state index contributed by atoms with van der Waals surface area (Å²) in [7, 11) is 0. The van der Waals surface area contributed by atoms with E-state index in [9.17, 15) is 5.11 Å². The van der Waals surface area contributed by atoms with Crippen molar-refractivity contribution in [3.63, 3.8) is 0 Å². The molecule has 1 N–H and O–H groups in total. The molecule has 0 saturated heterocycles. The summed E-state index contributed by atoms with van der Waals surface area (Å²) in [6.07, 6.45) is 7.33. The van der Waals surface area contributed by atoms with E-state index in [0.29, 0.717) is 11.1 Å². The molecular formula is C15H11AuO. The molecule has 1 nitrogen and oxygen atoms in total. The molecule has 17 heavy (non-hydrogen) atoms. The van der Waals surface area contributed by atoms with Gasteiger partial charge in [-0.05, 0) is 11.1 Å². The van der Waals surface area contributed by atoms with Gasteiger partial charge in [0, 0.05) is 0 Å². The van der Waals surface area contributed by atoms with Crippen molar-refractivity contribution >= 4 is 0 Å². The molecule has 0 heterocycles. The van der Waals surface area contributed by atoms with E-state index >= 15 is 0 Å². The summed E-state index contributed by atoms with van der Waals surface area (Å²) in [6, 6.07) is 18.2. The maximum atomic E-state index is 10.5. The van der Waals surface area contributed by atoms with E-state index in [2.05, 4.69) is 5.92 Å². The summed E-state index contributed by atoms with van der Waals surface area (Å²) >= 11 is 0. The average molecular weight is 404 g/mol. The molecule has 88 valence electrons. The van der Waals surface area contributed by atoms with Gasteiger partial charge in [0.05, 0.1) is 0 Å². The molecule has 0 atom stereocenters. The van der Waals surface area contributed by atoms with Crippen LogP contribution in [0, 0.1) is 12.3 Å². The van der Waals surface area contributed by atoms with Crippen LogP contribution in [0.1, 0.15) is 11.1 Å². The van der Waals surface area contributed by atoms with Crippen molar-refractivity contribution in [2.24, 2.45) is 0 Å². The zero-order valence-electron chi connectivity index (χ0n) is 9.02. The fourth-order valence-electron chi connectivity index (χ4n) is 1.67. The molecule has 0 spiro atoms. The van der Waals surface area contributed by atoms with E-state index in [1.54, 1.807) is 24.3 Å². The molecule has 0 aliphatic heterocycles. The van der Waals surface area contributed by atoms with E-state index in [1.807, 2.05) is 36.4 Å². The van der Waals surface area contributed by atoms with Crippen LogP contribution < -0.4 is 0 Å². The fourth-order valence-corrected chi connectivity index (χ4v) is 1.67. The molecule has 0 bridgehead atoms. The maximum absolute atomic E-state index is 10.5. The summed E-state index contributed by atoms with van der Waals surface area (Å²) in [4.78, 5) is 0.